The summed E-state index contributed by atoms with van der Waals surface area (Å²) >= 11 is 0. The van der Waals surface area contributed by atoms with Crippen LogP contribution in [-0.2, 0) is 12.8 Å². The van der Waals surface area contributed by atoms with Crippen molar-refractivity contribution in [3.8, 4) is 28.1 Å². The van der Waals surface area contributed by atoms with Crippen molar-refractivity contribution in [3.63, 3.8) is 0 Å². The van der Waals surface area contributed by atoms with E-state index in [0.29, 0.717) is 28.1 Å². The number of aromatic nitrogens is 3. The van der Waals surface area contributed by atoms with Crippen molar-refractivity contribution in [2.45, 2.75) is 12.8 Å². The van der Waals surface area contributed by atoms with Gasteiger partial charge in [0, 0.05) is 5.56 Å². The Morgan fingerprint density at radius 3 is 1.94 bits per heavy atom. The van der Waals surface area contributed by atoms with Crippen LogP contribution in [0.2, 0.25) is 0 Å². The van der Waals surface area contributed by atoms with Crippen molar-refractivity contribution in [3.05, 3.63) is 108 Å². The molecule has 0 radical (unpaired) electrons. The standard InChI is InChI=1S/C26H18F3N3O/c27-26(28,29)23-16-21(18-10-4-1-5-11-18)30-25-24(19-12-6-2-7-13-19)22(31-32(23)25)17-33-20-14-8-3-9-15-20/h1-16H,17H2. The monoisotopic (exact) mass is 445 g/mol. The Kier molecular flexibility index (Phi) is 5.30. The Balaban J connectivity index is 1.74. The Labute approximate surface area is 187 Å². The molecular weight excluding hydrogens is 427 g/mol. The first-order valence-electron chi connectivity index (χ1n) is 10.3. The highest BCUT2D eigenvalue weighted by atomic mass is 19.4. The van der Waals surface area contributed by atoms with Gasteiger partial charge in [0.15, 0.2) is 11.3 Å². The molecule has 5 rings (SSSR count). The highest BCUT2D eigenvalue weighted by Crippen LogP contribution is 2.36. The molecule has 0 amide bonds. The zero-order valence-electron chi connectivity index (χ0n) is 17.3. The summed E-state index contributed by atoms with van der Waals surface area (Å²) in [7, 11) is 0. The molecule has 2 aromatic heterocycles. The molecule has 0 aliphatic rings. The number of benzene rings is 3. The minimum atomic E-state index is -4.62. The van der Waals surface area contributed by atoms with Crippen LogP contribution < -0.4 is 4.74 Å². The quantitative estimate of drug-likeness (QED) is 0.304. The summed E-state index contributed by atoms with van der Waals surface area (Å²) < 4.78 is 49.0. The van der Waals surface area contributed by atoms with Gasteiger partial charge in [-0.15, -0.1) is 0 Å². The number of ether oxygens (including phenoxy) is 1. The SMILES string of the molecule is FC(F)(F)c1cc(-c2ccccc2)nc2c(-c3ccccc3)c(COc3ccccc3)nn12. The molecule has 0 aliphatic heterocycles. The van der Waals surface area contributed by atoms with Crippen molar-refractivity contribution >= 4 is 5.65 Å². The second-order valence-corrected chi connectivity index (χ2v) is 7.42. The van der Waals surface area contributed by atoms with Gasteiger partial charge in [0.05, 0.1) is 11.3 Å². The molecule has 0 aliphatic carbocycles. The Morgan fingerprint density at radius 2 is 1.33 bits per heavy atom. The van der Waals surface area contributed by atoms with E-state index in [9.17, 15) is 13.2 Å². The third-order valence-electron chi connectivity index (χ3n) is 5.20. The average Bonchev–Trinajstić information content (AvgIpc) is 3.21. The molecular formula is C26H18F3N3O. The molecule has 0 atom stereocenters. The fourth-order valence-electron chi connectivity index (χ4n) is 3.69. The van der Waals surface area contributed by atoms with Crippen molar-refractivity contribution in [1.82, 2.24) is 14.6 Å². The van der Waals surface area contributed by atoms with Gasteiger partial charge in [-0.1, -0.05) is 78.9 Å². The summed E-state index contributed by atoms with van der Waals surface area (Å²) in [5.74, 6) is 0.600. The topological polar surface area (TPSA) is 39.4 Å². The van der Waals surface area contributed by atoms with E-state index in [0.717, 1.165) is 10.6 Å². The number of hydrogen-bond acceptors (Lipinski definition) is 3. The lowest BCUT2D eigenvalue weighted by Crippen LogP contribution is -2.14. The van der Waals surface area contributed by atoms with Crippen LogP contribution in [0.15, 0.2) is 97.1 Å². The number of alkyl halides is 3. The van der Waals surface area contributed by atoms with E-state index in [1.54, 1.807) is 42.5 Å². The van der Waals surface area contributed by atoms with Gasteiger partial charge in [-0.25, -0.2) is 9.50 Å². The molecule has 3 aromatic carbocycles. The van der Waals surface area contributed by atoms with Gasteiger partial charge >= 0.3 is 6.18 Å². The highest BCUT2D eigenvalue weighted by Gasteiger charge is 2.36. The zero-order valence-corrected chi connectivity index (χ0v) is 17.3. The van der Waals surface area contributed by atoms with Crippen LogP contribution in [0.3, 0.4) is 0 Å². The molecule has 33 heavy (non-hydrogen) atoms. The highest BCUT2D eigenvalue weighted by molar-refractivity contribution is 5.81. The fourth-order valence-corrected chi connectivity index (χ4v) is 3.69. The summed E-state index contributed by atoms with van der Waals surface area (Å²) in [5.41, 5.74) is 1.64. The molecule has 0 saturated heterocycles. The predicted octanol–water partition coefficient (Wildman–Crippen LogP) is 6.66. The molecule has 0 bridgehead atoms. The minimum absolute atomic E-state index is 0.00440. The van der Waals surface area contributed by atoms with E-state index in [1.165, 1.54) is 0 Å². The molecule has 0 fully saturated rings. The Morgan fingerprint density at radius 1 is 0.758 bits per heavy atom. The van der Waals surface area contributed by atoms with Gasteiger partial charge in [0.2, 0.25) is 0 Å². The van der Waals surface area contributed by atoms with Gasteiger partial charge in [-0.2, -0.15) is 18.3 Å². The average molecular weight is 445 g/mol. The van der Waals surface area contributed by atoms with Gasteiger partial charge in [-0.3, -0.25) is 0 Å². The van der Waals surface area contributed by atoms with Crippen molar-refractivity contribution in [2.24, 2.45) is 0 Å². The van der Waals surface area contributed by atoms with E-state index in [-0.39, 0.29) is 17.9 Å². The van der Waals surface area contributed by atoms with Crippen molar-refractivity contribution in [2.75, 3.05) is 0 Å². The number of halogens is 3. The lowest BCUT2D eigenvalue weighted by atomic mass is 10.1. The van der Waals surface area contributed by atoms with E-state index in [4.69, 9.17) is 4.74 Å². The van der Waals surface area contributed by atoms with Gasteiger partial charge in [0.25, 0.3) is 0 Å². The summed E-state index contributed by atoms with van der Waals surface area (Å²) in [5, 5.41) is 4.31. The van der Waals surface area contributed by atoms with Crippen LogP contribution >= 0.6 is 0 Å². The van der Waals surface area contributed by atoms with Crippen LogP contribution in [0.4, 0.5) is 13.2 Å². The molecule has 0 unspecified atom stereocenters. The lowest BCUT2D eigenvalue weighted by Gasteiger charge is -2.11. The van der Waals surface area contributed by atoms with Gasteiger partial charge < -0.3 is 4.74 Å². The second kappa shape index (κ2) is 8.43. The first-order chi connectivity index (χ1) is 16.0. The van der Waals surface area contributed by atoms with Gasteiger partial charge in [-0.05, 0) is 23.8 Å². The molecule has 0 spiro atoms. The number of fused-ring (bicyclic) bond motifs is 1. The molecule has 164 valence electrons. The van der Waals surface area contributed by atoms with Crippen LogP contribution in [-0.4, -0.2) is 14.6 Å². The van der Waals surface area contributed by atoms with Gasteiger partial charge in [0.1, 0.15) is 18.1 Å². The minimum Gasteiger partial charge on any atom is -0.487 e. The summed E-state index contributed by atoms with van der Waals surface area (Å²) in [6.45, 7) is -0.00440. The third-order valence-corrected chi connectivity index (χ3v) is 5.20. The van der Waals surface area contributed by atoms with E-state index >= 15 is 0 Å². The molecule has 4 nitrogen and oxygen atoms in total. The molecule has 2 heterocycles. The largest absolute Gasteiger partial charge is 0.487 e. The zero-order chi connectivity index (χ0) is 22.8. The Bertz CT molecular complexity index is 1380. The van der Waals surface area contributed by atoms with E-state index in [2.05, 4.69) is 10.1 Å². The molecule has 7 heteroatoms. The fraction of sp³-hybridized carbons (Fsp3) is 0.0769. The maximum atomic E-state index is 14.1. The predicted molar refractivity (Wildman–Crippen MR) is 120 cm³/mol. The van der Waals surface area contributed by atoms with Crippen LogP contribution in [0.5, 0.6) is 5.75 Å². The second-order valence-electron chi connectivity index (χ2n) is 7.42. The number of nitrogens with zero attached hydrogens (tertiary/aromatic N) is 3. The maximum absolute atomic E-state index is 14.1. The van der Waals surface area contributed by atoms with Crippen molar-refractivity contribution in [1.29, 1.82) is 0 Å². The van der Waals surface area contributed by atoms with E-state index < -0.39 is 11.9 Å². The summed E-state index contributed by atoms with van der Waals surface area (Å²) in [4.78, 5) is 4.62. The normalized spacial score (nSPS) is 11.6. The van der Waals surface area contributed by atoms with Crippen molar-refractivity contribution < 1.29 is 17.9 Å². The first kappa shape index (κ1) is 20.8. The number of rotatable bonds is 5. The Hall–Kier alpha value is -4.13. The summed E-state index contributed by atoms with van der Waals surface area (Å²) in [6.07, 6.45) is -4.62. The van der Waals surface area contributed by atoms with Crippen LogP contribution in [0.25, 0.3) is 28.0 Å². The lowest BCUT2D eigenvalue weighted by molar-refractivity contribution is -0.142. The smallest absolute Gasteiger partial charge is 0.433 e. The van der Waals surface area contributed by atoms with Crippen LogP contribution in [0, 0.1) is 0 Å². The third kappa shape index (κ3) is 4.17. The molecule has 0 N–H and O–H groups in total. The number of hydrogen-bond donors (Lipinski definition) is 0. The number of para-hydroxylation sites is 1. The molecule has 0 saturated carbocycles. The maximum Gasteiger partial charge on any atom is 0.433 e. The molecule has 5 aromatic rings. The van der Waals surface area contributed by atoms with Crippen LogP contribution in [0.1, 0.15) is 11.4 Å². The van der Waals surface area contributed by atoms with E-state index in [1.807, 2.05) is 48.5 Å². The summed E-state index contributed by atoms with van der Waals surface area (Å²) in [6, 6.07) is 28.1. The first-order valence-corrected chi connectivity index (χ1v) is 10.3.